The number of nitriles is 1. The summed E-state index contributed by atoms with van der Waals surface area (Å²) >= 11 is 18.0. The largest absolute Gasteiger partial charge is 0.236 e. The van der Waals surface area contributed by atoms with Crippen LogP contribution in [0.5, 0.6) is 0 Å². The number of rotatable bonds is 1. The van der Waals surface area contributed by atoms with E-state index in [0.717, 1.165) is 0 Å². The van der Waals surface area contributed by atoms with Gasteiger partial charge in [0, 0.05) is 12.4 Å². The topological polar surface area (TPSA) is 49.6 Å². The van der Waals surface area contributed by atoms with Crippen molar-refractivity contribution in [2.24, 2.45) is 0 Å². The first kappa shape index (κ1) is 12.1. The Morgan fingerprint density at radius 3 is 2.29 bits per heavy atom. The van der Waals surface area contributed by atoms with Gasteiger partial charge in [-0.2, -0.15) is 5.26 Å². The van der Waals surface area contributed by atoms with Crippen molar-refractivity contribution in [3.8, 4) is 17.5 Å². The lowest BCUT2D eigenvalue weighted by atomic mass is 10.1. The molecule has 2 rings (SSSR count). The van der Waals surface area contributed by atoms with Crippen LogP contribution in [-0.4, -0.2) is 9.97 Å². The number of halogens is 3. The van der Waals surface area contributed by atoms with Crippen LogP contribution in [0.1, 0.15) is 5.56 Å². The summed E-state index contributed by atoms with van der Waals surface area (Å²) in [6.07, 6.45) is 3.13. The molecule has 0 saturated heterocycles. The van der Waals surface area contributed by atoms with Gasteiger partial charge in [-0.3, -0.25) is 0 Å². The molecule has 1 heterocycles. The number of aromatic nitrogens is 2. The van der Waals surface area contributed by atoms with Crippen LogP contribution in [0, 0.1) is 11.3 Å². The zero-order chi connectivity index (χ0) is 12.4. The van der Waals surface area contributed by atoms with Gasteiger partial charge in [-0.05, 0) is 12.1 Å². The lowest BCUT2D eigenvalue weighted by Gasteiger charge is -2.08. The van der Waals surface area contributed by atoms with Gasteiger partial charge in [0.2, 0.25) is 0 Å². The van der Waals surface area contributed by atoms with E-state index in [0.29, 0.717) is 16.4 Å². The number of nitrogens with zero attached hydrogens (tertiary/aromatic N) is 3. The smallest absolute Gasteiger partial charge is 0.162 e. The summed E-state index contributed by atoms with van der Waals surface area (Å²) in [7, 11) is 0. The Morgan fingerprint density at radius 1 is 1.06 bits per heavy atom. The predicted molar refractivity (Wildman–Crippen MR) is 67.2 cm³/mol. The normalized spacial score (nSPS) is 10.0. The second kappa shape index (κ2) is 4.89. The molecule has 6 heteroatoms. The molecule has 1 aromatic heterocycles. The SMILES string of the molecule is N#Cc1c(Cl)cc(Cl)c(-c2ncccn2)c1Cl. The van der Waals surface area contributed by atoms with E-state index >= 15 is 0 Å². The monoisotopic (exact) mass is 283 g/mol. The Bertz CT molecular complexity index is 606. The Kier molecular flexibility index (Phi) is 3.49. The molecule has 17 heavy (non-hydrogen) atoms. The Hall–Kier alpha value is -1.34. The molecule has 0 amide bonds. The molecule has 0 aliphatic rings. The van der Waals surface area contributed by atoms with Crippen LogP contribution in [0.15, 0.2) is 24.5 Å². The van der Waals surface area contributed by atoms with Crippen LogP contribution in [0.25, 0.3) is 11.4 Å². The van der Waals surface area contributed by atoms with E-state index in [1.54, 1.807) is 18.5 Å². The van der Waals surface area contributed by atoms with Gasteiger partial charge in [-0.15, -0.1) is 0 Å². The highest BCUT2D eigenvalue weighted by Gasteiger charge is 2.17. The van der Waals surface area contributed by atoms with Crippen molar-refractivity contribution in [1.82, 2.24) is 9.97 Å². The van der Waals surface area contributed by atoms with Crippen molar-refractivity contribution in [3.63, 3.8) is 0 Å². The van der Waals surface area contributed by atoms with Crippen LogP contribution in [0.3, 0.4) is 0 Å². The molecule has 3 nitrogen and oxygen atoms in total. The Balaban J connectivity index is 2.76. The quantitative estimate of drug-likeness (QED) is 0.796. The van der Waals surface area contributed by atoms with Gasteiger partial charge in [-0.25, -0.2) is 9.97 Å². The molecule has 0 spiro atoms. The second-order valence-electron chi connectivity index (χ2n) is 3.09. The minimum absolute atomic E-state index is 0.163. The van der Waals surface area contributed by atoms with Gasteiger partial charge in [-0.1, -0.05) is 34.8 Å². The number of hydrogen-bond donors (Lipinski definition) is 0. The van der Waals surface area contributed by atoms with Gasteiger partial charge in [0.05, 0.1) is 26.2 Å². The third-order valence-electron chi connectivity index (χ3n) is 2.07. The fourth-order valence-corrected chi connectivity index (χ4v) is 2.34. The van der Waals surface area contributed by atoms with E-state index < -0.39 is 0 Å². The van der Waals surface area contributed by atoms with Gasteiger partial charge in [0.1, 0.15) is 6.07 Å². The van der Waals surface area contributed by atoms with Crippen LogP contribution in [0.4, 0.5) is 0 Å². The average molecular weight is 285 g/mol. The minimum Gasteiger partial charge on any atom is -0.236 e. The first-order valence-electron chi connectivity index (χ1n) is 4.50. The number of hydrogen-bond acceptors (Lipinski definition) is 3. The third kappa shape index (κ3) is 2.20. The van der Waals surface area contributed by atoms with Crippen molar-refractivity contribution in [2.45, 2.75) is 0 Å². The maximum Gasteiger partial charge on any atom is 0.162 e. The summed E-state index contributed by atoms with van der Waals surface area (Å²) in [5, 5.41) is 9.64. The summed E-state index contributed by atoms with van der Waals surface area (Å²) in [5.74, 6) is 0.357. The van der Waals surface area contributed by atoms with Gasteiger partial charge >= 0.3 is 0 Å². The fourth-order valence-electron chi connectivity index (χ4n) is 1.33. The molecule has 0 atom stereocenters. The Morgan fingerprint density at radius 2 is 1.71 bits per heavy atom. The summed E-state index contributed by atoms with van der Waals surface area (Å²) in [6, 6.07) is 5.05. The molecule has 0 N–H and O–H groups in total. The zero-order valence-electron chi connectivity index (χ0n) is 8.28. The van der Waals surface area contributed by atoms with E-state index in [1.165, 1.54) is 6.07 Å². The van der Waals surface area contributed by atoms with Crippen molar-refractivity contribution < 1.29 is 0 Å². The van der Waals surface area contributed by atoms with Crippen LogP contribution >= 0.6 is 34.8 Å². The highest BCUT2D eigenvalue weighted by molar-refractivity contribution is 6.43. The molecule has 0 unspecified atom stereocenters. The molecule has 1 aromatic carbocycles. The summed E-state index contributed by atoms with van der Waals surface area (Å²) in [5.41, 5.74) is 0.579. The molecule has 0 bridgehead atoms. The standard InChI is InChI=1S/C11H4Cl3N3/c12-7-4-8(13)9(10(14)6(7)5-15)11-16-2-1-3-17-11/h1-4H. The fraction of sp³-hybridized carbons (Fsp3) is 0. The molecule has 0 saturated carbocycles. The molecule has 0 fully saturated rings. The van der Waals surface area contributed by atoms with Gasteiger partial charge in [0.25, 0.3) is 0 Å². The van der Waals surface area contributed by atoms with E-state index in [9.17, 15) is 0 Å². The molecule has 84 valence electrons. The highest BCUT2D eigenvalue weighted by atomic mass is 35.5. The van der Waals surface area contributed by atoms with E-state index in [2.05, 4.69) is 9.97 Å². The lowest BCUT2D eigenvalue weighted by molar-refractivity contribution is 1.18. The van der Waals surface area contributed by atoms with Gasteiger partial charge in [0.15, 0.2) is 5.82 Å². The van der Waals surface area contributed by atoms with Gasteiger partial charge < -0.3 is 0 Å². The van der Waals surface area contributed by atoms with Crippen molar-refractivity contribution >= 4 is 34.8 Å². The molecule has 0 aliphatic heterocycles. The van der Waals surface area contributed by atoms with E-state index in [-0.39, 0.29) is 15.6 Å². The van der Waals surface area contributed by atoms with Crippen molar-refractivity contribution in [2.75, 3.05) is 0 Å². The first-order valence-corrected chi connectivity index (χ1v) is 5.63. The first-order chi connectivity index (χ1) is 8.15. The maximum atomic E-state index is 8.96. The number of benzene rings is 1. The third-order valence-corrected chi connectivity index (χ3v) is 3.05. The average Bonchev–Trinajstić information content (AvgIpc) is 2.30. The predicted octanol–water partition coefficient (Wildman–Crippen LogP) is 3.98. The van der Waals surface area contributed by atoms with E-state index in [1.807, 2.05) is 6.07 Å². The molecule has 0 aliphatic carbocycles. The van der Waals surface area contributed by atoms with E-state index in [4.69, 9.17) is 40.1 Å². The van der Waals surface area contributed by atoms with Crippen LogP contribution in [-0.2, 0) is 0 Å². The summed E-state index contributed by atoms with van der Waals surface area (Å²) < 4.78 is 0. The van der Waals surface area contributed by atoms with Crippen molar-refractivity contribution in [3.05, 3.63) is 45.2 Å². The molecule has 2 aromatic rings. The zero-order valence-corrected chi connectivity index (χ0v) is 10.6. The van der Waals surface area contributed by atoms with Crippen LogP contribution in [0.2, 0.25) is 15.1 Å². The molecular formula is C11H4Cl3N3. The Labute approximate surface area is 113 Å². The minimum atomic E-state index is 0.163. The highest BCUT2D eigenvalue weighted by Crippen LogP contribution is 2.38. The summed E-state index contributed by atoms with van der Waals surface area (Å²) in [4.78, 5) is 8.09. The van der Waals surface area contributed by atoms with Crippen molar-refractivity contribution in [1.29, 1.82) is 5.26 Å². The van der Waals surface area contributed by atoms with Crippen LogP contribution < -0.4 is 0 Å². The summed E-state index contributed by atoms with van der Waals surface area (Å²) in [6.45, 7) is 0. The molecular weight excluding hydrogens is 281 g/mol. The molecule has 0 radical (unpaired) electrons. The maximum absolute atomic E-state index is 8.96. The second-order valence-corrected chi connectivity index (χ2v) is 4.28. The lowest BCUT2D eigenvalue weighted by Crippen LogP contribution is -1.92.